The molecule has 104 valence electrons. The first-order valence-corrected chi connectivity index (χ1v) is 8.14. The molecule has 0 spiro atoms. The van der Waals surface area contributed by atoms with Crippen molar-refractivity contribution >= 4 is 0 Å². The molecule has 0 saturated heterocycles. The fourth-order valence-electron chi connectivity index (χ4n) is 3.88. The molecule has 0 aliphatic heterocycles. The quantitative estimate of drug-likeness (QED) is 0.781. The average molecular weight is 257 g/mol. The lowest BCUT2D eigenvalue weighted by Crippen LogP contribution is -2.26. The fraction of sp³-hybridized carbons (Fsp3) is 0.667. The molecule has 2 saturated carbocycles. The summed E-state index contributed by atoms with van der Waals surface area (Å²) in [5, 5.41) is 3.52. The van der Waals surface area contributed by atoms with Gasteiger partial charge in [-0.2, -0.15) is 0 Å². The predicted molar refractivity (Wildman–Crippen MR) is 81.7 cm³/mol. The minimum Gasteiger partial charge on any atom is -0.317 e. The summed E-state index contributed by atoms with van der Waals surface area (Å²) >= 11 is 0. The normalized spacial score (nSPS) is 28.7. The van der Waals surface area contributed by atoms with Gasteiger partial charge in [0.15, 0.2) is 0 Å². The van der Waals surface area contributed by atoms with Crippen LogP contribution in [0.15, 0.2) is 24.3 Å². The Labute approximate surface area is 117 Å². The Morgan fingerprint density at radius 1 is 0.842 bits per heavy atom. The van der Waals surface area contributed by atoms with Crippen LogP contribution in [0.1, 0.15) is 74.3 Å². The SMILES string of the molecule is CNC1CCCCC(c2ccccc2C2CCC2)C1. The van der Waals surface area contributed by atoms with E-state index in [1.165, 1.54) is 51.4 Å². The van der Waals surface area contributed by atoms with Gasteiger partial charge in [-0.05, 0) is 62.1 Å². The number of hydrogen-bond donors (Lipinski definition) is 1. The van der Waals surface area contributed by atoms with Crippen molar-refractivity contribution in [2.75, 3.05) is 7.05 Å². The van der Waals surface area contributed by atoms with Gasteiger partial charge in [-0.3, -0.25) is 0 Å². The first-order valence-electron chi connectivity index (χ1n) is 8.14. The standard InChI is InChI=1S/C18H27N/c1-19-16-10-3-2-7-15(13-16)18-12-5-4-11-17(18)14-8-6-9-14/h4-5,11-12,14-16,19H,2-3,6-10,13H2,1H3. The maximum Gasteiger partial charge on any atom is 0.00698 e. The van der Waals surface area contributed by atoms with E-state index in [0.717, 1.165) is 17.9 Å². The van der Waals surface area contributed by atoms with Gasteiger partial charge in [-0.1, -0.05) is 43.5 Å². The Morgan fingerprint density at radius 3 is 2.11 bits per heavy atom. The molecule has 1 nitrogen and oxygen atoms in total. The molecule has 0 aromatic heterocycles. The number of rotatable bonds is 3. The summed E-state index contributed by atoms with van der Waals surface area (Å²) in [6.07, 6.45) is 11.2. The third kappa shape index (κ3) is 2.86. The largest absolute Gasteiger partial charge is 0.317 e. The second kappa shape index (κ2) is 6.09. The smallest absolute Gasteiger partial charge is 0.00698 e. The van der Waals surface area contributed by atoms with Crippen LogP contribution in [0, 0.1) is 0 Å². The van der Waals surface area contributed by atoms with Gasteiger partial charge in [-0.25, -0.2) is 0 Å². The van der Waals surface area contributed by atoms with Crippen molar-refractivity contribution in [3.8, 4) is 0 Å². The molecule has 19 heavy (non-hydrogen) atoms. The molecule has 2 aliphatic carbocycles. The van der Waals surface area contributed by atoms with Crippen molar-refractivity contribution in [3.05, 3.63) is 35.4 Å². The lowest BCUT2D eigenvalue weighted by molar-refractivity contribution is 0.409. The highest BCUT2D eigenvalue weighted by Gasteiger charge is 2.27. The summed E-state index contributed by atoms with van der Waals surface area (Å²) in [4.78, 5) is 0. The summed E-state index contributed by atoms with van der Waals surface area (Å²) in [5.74, 6) is 1.66. The van der Waals surface area contributed by atoms with Gasteiger partial charge in [0.05, 0.1) is 0 Å². The summed E-state index contributed by atoms with van der Waals surface area (Å²) in [6.45, 7) is 0. The van der Waals surface area contributed by atoms with Gasteiger partial charge in [-0.15, -0.1) is 0 Å². The molecule has 0 heterocycles. The van der Waals surface area contributed by atoms with Crippen molar-refractivity contribution in [3.63, 3.8) is 0 Å². The van der Waals surface area contributed by atoms with Gasteiger partial charge in [0.25, 0.3) is 0 Å². The molecule has 3 rings (SSSR count). The van der Waals surface area contributed by atoms with E-state index < -0.39 is 0 Å². The lowest BCUT2D eigenvalue weighted by atomic mass is 9.75. The van der Waals surface area contributed by atoms with Gasteiger partial charge in [0, 0.05) is 6.04 Å². The van der Waals surface area contributed by atoms with E-state index in [4.69, 9.17) is 0 Å². The van der Waals surface area contributed by atoms with E-state index in [1.54, 1.807) is 11.1 Å². The maximum atomic E-state index is 3.52. The molecule has 0 radical (unpaired) electrons. The molecule has 1 N–H and O–H groups in total. The Kier molecular flexibility index (Phi) is 4.22. The van der Waals surface area contributed by atoms with Crippen LogP contribution in [0.5, 0.6) is 0 Å². The Hall–Kier alpha value is -0.820. The molecule has 0 bridgehead atoms. The predicted octanol–water partition coefficient (Wildman–Crippen LogP) is 4.59. The van der Waals surface area contributed by atoms with E-state index in [9.17, 15) is 0 Å². The third-order valence-corrected chi connectivity index (χ3v) is 5.31. The highest BCUT2D eigenvalue weighted by atomic mass is 14.9. The van der Waals surface area contributed by atoms with E-state index in [1.807, 2.05) is 0 Å². The van der Waals surface area contributed by atoms with Crippen LogP contribution < -0.4 is 5.32 Å². The van der Waals surface area contributed by atoms with Crippen molar-refractivity contribution in [1.29, 1.82) is 0 Å². The average Bonchev–Trinajstić information content (AvgIpc) is 2.63. The Balaban J connectivity index is 1.83. The van der Waals surface area contributed by atoms with Crippen LogP contribution in [0.25, 0.3) is 0 Å². The van der Waals surface area contributed by atoms with Crippen LogP contribution in [-0.2, 0) is 0 Å². The Bertz CT molecular complexity index is 408. The second-order valence-electron chi connectivity index (χ2n) is 6.46. The first kappa shape index (κ1) is 13.2. The van der Waals surface area contributed by atoms with Crippen molar-refractivity contribution < 1.29 is 0 Å². The van der Waals surface area contributed by atoms with Gasteiger partial charge >= 0.3 is 0 Å². The van der Waals surface area contributed by atoms with E-state index in [-0.39, 0.29) is 0 Å². The van der Waals surface area contributed by atoms with Gasteiger partial charge in [0.1, 0.15) is 0 Å². The Morgan fingerprint density at radius 2 is 1.47 bits per heavy atom. The van der Waals surface area contributed by atoms with Crippen molar-refractivity contribution in [2.24, 2.45) is 0 Å². The zero-order valence-electron chi connectivity index (χ0n) is 12.2. The van der Waals surface area contributed by atoms with Crippen LogP contribution in [0.2, 0.25) is 0 Å². The highest BCUT2D eigenvalue weighted by molar-refractivity contribution is 5.34. The van der Waals surface area contributed by atoms with E-state index >= 15 is 0 Å². The molecule has 2 fully saturated rings. The van der Waals surface area contributed by atoms with Crippen LogP contribution in [-0.4, -0.2) is 13.1 Å². The van der Waals surface area contributed by atoms with Gasteiger partial charge in [0.2, 0.25) is 0 Å². The summed E-state index contributed by atoms with van der Waals surface area (Å²) in [5.41, 5.74) is 3.35. The maximum absolute atomic E-state index is 3.52. The van der Waals surface area contributed by atoms with Crippen LogP contribution in [0.3, 0.4) is 0 Å². The minimum atomic E-state index is 0.724. The van der Waals surface area contributed by atoms with E-state index in [0.29, 0.717) is 0 Å². The zero-order valence-corrected chi connectivity index (χ0v) is 12.2. The molecule has 1 aromatic carbocycles. The lowest BCUT2D eigenvalue weighted by Gasteiger charge is -2.31. The molecule has 2 unspecified atom stereocenters. The topological polar surface area (TPSA) is 12.0 Å². The van der Waals surface area contributed by atoms with E-state index in [2.05, 4.69) is 36.6 Å². The summed E-state index contributed by atoms with van der Waals surface area (Å²) in [6, 6.07) is 10.0. The second-order valence-corrected chi connectivity index (χ2v) is 6.46. The minimum absolute atomic E-state index is 0.724. The molecule has 1 heteroatoms. The third-order valence-electron chi connectivity index (χ3n) is 5.31. The van der Waals surface area contributed by atoms with Crippen molar-refractivity contribution in [1.82, 2.24) is 5.32 Å². The highest BCUT2D eigenvalue weighted by Crippen LogP contribution is 2.42. The number of hydrogen-bond acceptors (Lipinski definition) is 1. The molecular weight excluding hydrogens is 230 g/mol. The molecule has 2 atom stereocenters. The summed E-state index contributed by atoms with van der Waals surface area (Å²) < 4.78 is 0. The molecule has 0 amide bonds. The molecular formula is C18H27N. The van der Waals surface area contributed by atoms with Crippen LogP contribution >= 0.6 is 0 Å². The van der Waals surface area contributed by atoms with Gasteiger partial charge < -0.3 is 5.32 Å². The molecule has 2 aliphatic rings. The van der Waals surface area contributed by atoms with Crippen LogP contribution in [0.4, 0.5) is 0 Å². The number of benzene rings is 1. The van der Waals surface area contributed by atoms with Crippen molar-refractivity contribution in [2.45, 2.75) is 69.2 Å². The summed E-state index contributed by atoms with van der Waals surface area (Å²) in [7, 11) is 2.13. The number of nitrogens with one attached hydrogen (secondary N) is 1. The monoisotopic (exact) mass is 257 g/mol. The first-order chi connectivity index (χ1) is 9.38. The zero-order chi connectivity index (χ0) is 13.1. The molecule has 1 aromatic rings. The fourth-order valence-corrected chi connectivity index (χ4v) is 3.88.